The Labute approximate surface area is 99.5 Å². The molecule has 0 saturated heterocycles. The minimum Gasteiger partial charge on any atom is -0.254 e. The summed E-state index contributed by atoms with van der Waals surface area (Å²) in [5.41, 5.74) is 0. The van der Waals surface area contributed by atoms with Gasteiger partial charge in [-0.2, -0.15) is 0 Å². The van der Waals surface area contributed by atoms with Crippen LogP contribution in [0.15, 0.2) is 23.6 Å². The minimum absolute atomic E-state index is 0.434. The van der Waals surface area contributed by atoms with Crippen molar-refractivity contribution < 1.29 is 4.21 Å². The molecule has 0 rings (SSSR count). The van der Waals surface area contributed by atoms with E-state index in [9.17, 15) is 4.21 Å². The van der Waals surface area contributed by atoms with Gasteiger partial charge in [-0.3, -0.25) is 4.21 Å². The first-order valence-electron chi connectivity index (χ1n) is 4.30. The molecule has 0 aliphatic rings. The zero-order valence-corrected chi connectivity index (χ0v) is 9.99. The van der Waals surface area contributed by atoms with Gasteiger partial charge in [-0.05, 0) is 42.6 Å². The van der Waals surface area contributed by atoms with Crippen LogP contribution in [0.5, 0.6) is 0 Å². The Hall–Kier alpha value is -2.13. The van der Waals surface area contributed by atoms with Gasteiger partial charge >= 0.3 is 0 Å². The minimum atomic E-state index is -1.17. The molecular formula is C14H10OS. The van der Waals surface area contributed by atoms with Gasteiger partial charge < -0.3 is 0 Å². The molecule has 0 spiro atoms. The Kier molecular flexibility index (Phi) is 8.17. The predicted molar refractivity (Wildman–Crippen MR) is 69.1 cm³/mol. The molecule has 0 unspecified atom stereocenters. The second-order valence-electron chi connectivity index (χ2n) is 2.33. The summed E-state index contributed by atoms with van der Waals surface area (Å²) in [5.74, 6) is 20.8. The molecule has 0 aromatic heterocycles. The summed E-state index contributed by atoms with van der Waals surface area (Å²) in [7, 11) is -1.17. The Morgan fingerprint density at radius 2 is 1.88 bits per heavy atom. The maximum atomic E-state index is 11.2. The van der Waals surface area contributed by atoms with Crippen LogP contribution in [0, 0.1) is 47.4 Å². The van der Waals surface area contributed by atoms with Crippen LogP contribution in [0.1, 0.15) is 6.92 Å². The highest BCUT2D eigenvalue weighted by atomic mass is 32.2. The Balaban J connectivity index is 4.93. The third-order valence-electron chi connectivity index (χ3n) is 1.20. The zero-order valence-electron chi connectivity index (χ0n) is 9.18. The summed E-state index contributed by atoms with van der Waals surface area (Å²) in [4.78, 5) is 0.434. The fourth-order valence-electron chi connectivity index (χ4n) is 0.571. The van der Waals surface area contributed by atoms with E-state index < -0.39 is 10.8 Å². The topological polar surface area (TPSA) is 17.1 Å². The lowest BCUT2D eigenvalue weighted by Crippen LogP contribution is -1.87. The van der Waals surface area contributed by atoms with E-state index in [-0.39, 0.29) is 0 Å². The maximum Gasteiger partial charge on any atom is 0.0977 e. The van der Waals surface area contributed by atoms with Crippen LogP contribution in [0.3, 0.4) is 0 Å². The van der Waals surface area contributed by atoms with E-state index >= 15 is 0 Å². The molecule has 0 radical (unpaired) electrons. The SMILES string of the molecule is C=CC#CC#C/C(=C\C#CC#CC)[S@@](C)=O. The van der Waals surface area contributed by atoms with Crippen LogP contribution in [0.4, 0.5) is 0 Å². The standard InChI is InChI=1S/C14H10OS/c1-4-6-8-10-12-14(16(3)15)13-11-9-7-5-2/h4,13H,1H2,2-3H3/b14-13+/t16-/m1/s1. The van der Waals surface area contributed by atoms with E-state index in [1.807, 2.05) is 0 Å². The molecule has 0 aliphatic carbocycles. The molecule has 1 atom stereocenters. The molecule has 0 fully saturated rings. The molecule has 0 aliphatic heterocycles. The molecule has 0 saturated carbocycles. The highest BCUT2D eigenvalue weighted by molar-refractivity contribution is 7.88. The van der Waals surface area contributed by atoms with Crippen molar-refractivity contribution in [3.8, 4) is 47.4 Å². The number of hydrogen-bond acceptors (Lipinski definition) is 1. The quantitative estimate of drug-likeness (QED) is 0.619. The number of rotatable bonds is 1. The van der Waals surface area contributed by atoms with Gasteiger partial charge in [0.25, 0.3) is 0 Å². The fourth-order valence-corrected chi connectivity index (χ4v) is 0.991. The van der Waals surface area contributed by atoms with Gasteiger partial charge in [-0.25, -0.2) is 0 Å². The molecular weight excluding hydrogens is 216 g/mol. The van der Waals surface area contributed by atoms with Crippen molar-refractivity contribution in [2.75, 3.05) is 6.26 Å². The Morgan fingerprint density at radius 1 is 1.19 bits per heavy atom. The number of hydrogen-bond donors (Lipinski definition) is 0. The van der Waals surface area contributed by atoms with Crippen molar-refractivity contribution in [2.24, 2.45) is 0 Å². The second kappa shape index (κ2) is 9.43. The average molecular weight is 226 g/mol. The van der Waals surface area contributed by atoms with E-state index in [0.29, 0.717) is 4.91 Å². The first-order chi connectivity index (χ1) is 7.72. The molecule has 1 nitrogen and oxygen atoms in total. The summed E-state index contributed by atoms with van der Waals surface area (Å²) in [6.07, 6.45) is 4.47. The number of allylic oxidation sites excluding steroid dienone is 3. The highest BCUT2D eigenvalue weighted by Gasteiger charge is 1.94. The molecule has 0 aromatic rings. The maximum absolute atomic E-state index is 11.2. The largest absolute Gasteiger partial charge is 0.254 e. The van der Waals surface area contributed by atoms with Crippen LogP contribution >= 0.6 is 0 Å². The summed E-state index contributed by atoms with van der Waals surface area (Å²) < 4.78 is 11.2. The van der Waals surface area contributed by atoms with E-state index in [2.05, 4.69) is 53.9 Å². The second-order valence-corrected chi connectivity index (χ2v) is 3.68. The normalized spacial score (nSPS) is 9.75. The van der Waals surface area contributed by atoms with E-state index in [4.69, 9.17) is 0 Å². The highest BCUT2D eigenvalue weighted by Crippen LogP contribution is 1.95. The summed E-state index contributed by atoms with van der Waals surface area (Å²) >= 11 is 0. The first kappa shape index (κ1) is 13.9. The van der Waals surface area contributed by atoms with Crippen LogP contribution in [-0.2, 0) is 10.8 Å². The van der Waals surface area contributed by atoms with Gasteiger partial charge in [0.05, 0.1) is 15.7 Å². The zero-order chi connectivity index (χ0) is 12.2. The van der Waals surface area contributed by atoms with Crippen molar-refractivity contribution in [3.63, 3.8) is 0 Å². The van der Waals surface area contributed by atoms with Gasteiger partial charge in [0, 0.05) is 12.3 Å². The summed E-state index contributed by atoms with van der Waals surface area (Å²) in [6.45, 7) is 5.13. The fraction of sp³-hybridized carbons (Fsp3) is 0.143. The van der Waals surface area contributed by atoms with Crippen molar-refractivity contribution in [2.45, 2.75) is 6.92 Å². The lowest BCUT2D eigenvalue weighted by molar-refractivity contribution is 0.691. The van der Waals surface area contributed by atoms with Gasteiger partial charge in [-0.1, -0.05) is 24.3 Å². The monoisotopic (exact) mass is 226 g/mol. The van der Waals surface area contributed by atoms with E-state index in [1.54, 1.807) is 6.92 Å². The third-order valence-corrected chi connectivity index (χ3v) is 2.03. The molecule has 0 bridgehead atoms. The molecule has 2 heteroatoms. The van der Waals surface area contributed by atoms with Crippen molar-refractivity contribution in [3.05, 3.63) is 23.6 Å². The van der Waals surface area contributed by atoms with Gasteiger partial charge in [0.1, 0.15) is 0 Å². The predicted octanol–water partition coefficient (Wildman–Crippen LogP) is 1.47. The lowest BCUT2D eigenvalue weighted by Gasteiger charge is -1.87. The van der Waals surface area contributed by atoms with E-state index in [0.717, 1.165) is 0 Å². The Bertz CT molecular complexity index is 549. The van der Waals surface area contributed by atoms with Crippen molar-refractivity contribution >= 4 is 10.8 Å². The molecule has 0 N–H and O–H groups in total. The van der Waals surface area contributed by atoms with E-state index in [1.165, 1.54) is 18.4 Å². The molecule has 0 heterocycles. The van der Waals surface area contributed by atoms with Crippen LogP contribution in [0.25, 0.3) is 0 Å². The Morgan fingerprint density at radius 3 is 2.44 bits per heavy atom. The van der Waals surface area contributed by atoms with Gasteiger partial charge in [-0.15, -0.1) is 0 Å². The smallest absolute Gasteiger partial charge is 0.0977 e. The van der Waals surface area contributed by atoms with Crippen molar-refractivity contribution in [1.29, 1.82) is 0 Å². The third kappa shape index (κ3) is 7.29. The van der Waals surface area contributed by atoms with Gasteiger partial charge in [0.2, 0.25) is 0 Å². The summed E-state index contributed by atoms with van der Waals surface area (Å²) in [6, 6.07) is 0. The van der Waals surface area contributed by atoms with Crippen LogP contribution < -0.4 is 0 Å². The molecule has 16 heavy (non-hydrogen) atoms. The lowest BCUT2D eigenvalue weighted by atomic mass is 10.4. The molecule has 78 valence electrons. The molecule has 0 aromatic carbocycles. The van der Waals surface area contributed by atoms with Crippen molar-refractivity contribution in [1.82, 2.24) is 0 Å². The summed E-state index contributed by atoms with van der Waals surface area (Å²) in [5, 5.41) is 0. The van der Waals surface area contributed by atoms with Crippen LogP contribution in [-0.4, -0.2) is 10.5 Å². The van der Waals surface area contributed by atoms with Gasteiger partial charge in [0.15, 0.2) is 0 Å². The van der Waals surface area contributed by atoms with Crippen LogP contribution in [0.2, 0.25) is 0 Å². The first-order valence-corrected chi connectivity index (χ1v) is 5.86. The molecule has 0 amide bonds. The average Bonchev–Trinajstić information content (AvgIpc) is 2.26.